The van der Waals surface area contributed by atoms with E-state index in [1.54, 1.807) is 36.4 Å². The Morgan fingerprint density at radius 3 is 2.56 bits per heavy atom. The Balaban J connectivity index is 1.69. The van der Waals surface area contributed by atoms with Crippen molar-refractivity contribution in [1.29, 1.82) is 0 Å². The van der Waals surface area contributed by atoms with Gasteiger partial charge >= 0.3 is 5.91 Å². The van der Waals surface area contributed by atoms with Crippen LogP contribution >= 0.6 is 0 Å². The van der Waals surface area contributed by atoms with E-state index >= 15 is 0 Å². The summed E-state index contributed by atoms with van der Waals surface area (Å²) in [6.07, 6.45) is 3.01. The van der Waals surface area contributed by atoms with E-state index in [1.165, 1.54) is 11.3 Å². The molecule has 1 aromatic heterocycles. The summed E-state index contributed by atoms with van der Waals surface area (Å²) >= 11 is 0. The fourth-order valence-electron chi connectivity index (χ4n) is 3.62. The second kappa shape index (κ2) is 8.88. The Labute approximate surface area is 186 Å². The minimum absolute atomic E-state index is 0.196. The Kier molecular flexibility index (Phi) is 6.00. The number of anilines is 1. The van der Waals surface area contributed by atoms with Gasteiger partial charge in [-0.05, 0) is 42.8 Å². The third-order valence-electron chi connectivity index (χ3n) is 4.95. The Hall–Kier alpha value is -3.59. The fourth-order valence-corrected chi connectivity index (χ4v) is 4.18. The Morgan fingerprint density at radius 2 is 1.91 bits per heavy atom. The number of carbonyl (C=O) groups is 1. The highest BCUT2D eigenvalue weighted by atomic mass is 32.2. The molecule has 8 nitrogen and oxygen atoms in total. The molecule has 0 aliphatic carbocycles. The van der Waals surface area contributed by atoms with Gasteiger partial charge in [0, 0.05) is 17.7 Å². The number of rotatable bonds is 7. The lowest BCUT2D eigenvalue weighted by Crippen LogP contribution is -2.27. The molecule has 1 atom stereocenters. The number of furan rings is 1. The van der Waals surface area contributed by atoms with Gasteiger partial charge in [-0.3, -0.25) is 9.52 Å². The Morgan fingerprint density at radius 1 is 1.16 bits per heavy atom. The van der Waals surface area contributed by atoms with Crippen LogP contribution in [-0.4, -0.2) is 37.9 Å². The van der Waals surface area contributed by atoms with Crippen molar-refractivity contribution in [2.75, 3.05) is 17.6 Å². The van der Waals surface area contributed by atoms with E-state index in [1.807, 2.05) is 31.2 Å². The van der Waals surface area contributed by atoms with E-state index in [4.69, 9.17) is 9.15 Å². The summed E-state index contributed by atoms with van der Waals surface area (Å²) in [4.78, 5) is 13.2. The van der Waals surface area contributed by atoms with Gasteiger partial charge in [-0.2, -0.15) is 5.10 Å². The van der Waals surface area contributed by atoms with E-state index in [-0.39, 0.29) is 17.7 Å². The van der Waals surface area contributed by atoms with E-state index in [0.29, 0.717) is 30.2 Å². The molecule has 1 aliphatic heterocycles. The monoisotopic (exact) mass is 453 g/mol. The summed E-state index contributed by atoms with van der Waals surface area (Å²) in [5.74, 6) is 0.541. The SMILES string of the molecule is CCOc1ccccc1C1CC(c2ccc(NS(C)(=O)=O)cc2)=NN1C(=O)c1ccco1. The van der Waals surface area contributed by atoms with E-state index in [9.17, 15) is 13.2 Å². The van der Waals surface area contributed by atoms with Crippen LogP contribution < -0.4 is 9.46 Å². The quantitative estimate of drug-likeness (QED) is 0.582. The molecule has 4 rings (SSSR count). The minimum Gasteiger partial charge on any atom is -0.494 e. The molecule has 166 valence electrons. The van der Waals surface area contributed by atoms with Crippen LogP contribution in [0.4, 0.5) is 5.69 Å². The average Bonchev–Trinajstić information content (AvgIpc) is 3.44. The summed E-state index contributed by atoms with van der Waals surface area (Å²) in [5, 5.41) is 6.05. The number of hydrogen-bond donors (Lipinski definition) is 1. The molecule has 0 radical (unpaired) electrons. The number of hydrogen-bond acceptors (Lipinski definition) is 6. The molecular weight excluding hydrogens is 430 g/mol. The van der Waals surface area contributed by atoms with Crippen LogP contribution in [0.3, 0.4) is 0 Å². The van der Waals surface area contributed by atoms with Crippen molar-refractivity contribution in [3.05, 3.63) is 83.8 Å². The molecule has 0 fully saturated rings. The third kappa shape index (κ3) is 4.67. The van der Waals surface area contributed by atoms with Gasteiger partial charge in [-0.15, -0.1) is 0 Å². The maximum atomic E-state index is 13.2. The molecule has 32 heavy (non-hydrogen) atoms. The van der Waals surface area contributed by atoms with Gasteiger partial charge < -0.3 is 9.15 Å². The molecule has 0 bridgehead atoms. The van der Waals surface area contributed by atoms with Crippen LogP contribution in [-0.2, 0) is 10.0 Å². The van der Waals surface area contributed by atoms with Gasteiger partial charge in [0.05, 0.1) is 30.9 Å². The number of ether oxygens (including phenoxy) is 1. The van der Waals surface area contributed by atoms with E-state index < -0.39 is 10.0 Å². The Bertz CT molecular complexity index is 1230. The van der Waals surface area contributed by atoms with Crippen molar-refractivity contribution in [2.45, 2.75) is 19.4 Å². The van der Waals surface area contributed by atoms with Crippen LogP contribution in [0.1, 0.15) is 41.1 Å². The number of nitrogens with one attached hydrogen (secondary N) is 1. The van der Waals surface area contributed by atoms with Crippen LogP contribution in [0, 0.1) is 0 Å². The van der Waals surface area contributed by atoms with Gasteiger partial charge in [0.1, 0.15) is 5.75 Å². The largest absolute Gasteiger partial charge is 0.494 e. The smallest absolute Gasteiger partial charge is 0.310 e. The highest BCUT2D eigenvalue weighted by Crippen LogP contribution is 2.38. The summed E-state index contributed by atoms with van der Waals surface area (Å²) < 4.78 is 36.5. The van der Waals surface area contributed by atoms with Gasteiger partial charge in [0.2, 0.25) is 10.0 Å². The standard InChI is InChI=1S/C23H23N3O5S/c1-3-30-21-8-5-4-7-18(21)20-15-19(24-26(20)23(27)22-9-6-14-31-22)16-10-12-17(13-11-16)25-32(2,28)29/h4-14,20,25H,3,15H2,1-2H3. The lowest BCUT2D eigenvalue weighted by molar-refractivity contribution is 0.0676. The van der Waals surface area contributed by atoms with Crippen molar-refractivity contribution in [1.82, 2.24) is 5.01 Å². The lowest BCUT2D eigenvalue weighted by Gasteiger charge is -2.23. The van der Waals surface area contributed by atoms with E-state index in [2.05, 4.69) is 9.82 Å². The average molecular weight is 454 g/mol. The number of carbonyl (C=O) groups excluding carboxylic acids is 1. The predicted molar refractivity (Wildman–Crippen MR) is 121 cm³/mol. The molecular formula is C23H23N3O5S. The molecule has 1 amide bonds. The zero-order valence-corrected chi connectivity index (χ0v) is 18.5. The number of amides is 1. The summed E-state index contributed by atoms with van der Waals surface area (Å²) in [6, 6.07) is 17.4. The highest BCUT2D eigenvalue weighted by Gasteiger charge is 2.36. The zero-order chi connectivity index (χ0) is 22.7. The molecule has 0 saturated carbocycles. The van der Waals surface area contributed by atoms with Crippen LogP contribution in [0.25, 0.3) is 0 Å². The number of hydrazone groups is 1. The molecule has 2 heterocycles. The maximum absolute atomic E-state index is 13.2. The fraction of sp³-hybridized carbons (Fsp3) is 0.217. The molecule has 0 saturated heterocycles. The molecule has 1 unspecified atom stereocenters. The normalized spacial score (nSPS) is 16.0. The summed E-state index contributed by atoms with van der Waals surface area (Å²) in [5.41, 5.74) is 2.80. The number of sulfonamides is 1. The van der Waals surface area contributed by atoms with Gasteiger partial charge in [0.25, 0.3) is 0 Å². The van der Waals surface area contributed by atoms with Crippen molar-refractivity contribution >= 4 is 27.3 Å². The summed E-state index contributed by atoms with van der Waals surface area (Å²) in [6.45, 7) is 2.41. The number of para-hydroxylation sites is 1. The highest BCUT2D eigenvalue weighted by molar-refractivity contribution is 7.92. The van der Waals surface area contributed by atoms with Crippen molar-refractivity contribution in [3.63, 3.8) is 0 Å². The van der Waals surface area contributed by atoms with Crippen LogP contribution in [0.5, 0.6) is 5.75 Å². The molecule has 3 aromatic rings. The predicted octanol–water partition coefficient (Wildman–Crippen LogP) is 4.04. The molecule has 2 aromatic carbocycles. The van der Waals surface area contributed by atoms with Gasteiger partial charge in [-0.25, -0.2) is 13.4 Å². The zero-order valence-electron chi connectivity index (χ0n) is 17.7. The lowest BCUT2D eigenvalue weighted by atomic mass is 9.97. The first-order chi connectivity index (χ1) is 15.4. The third-order valence-corrected chi connectivity index (χ3v) is 5.56. The first kappa shape index (κ1) is 21.6. The van der Waals surface area contributed by atoms with Crippen molar-refractivity contribution < 1.29 is 22.4 Å². The maximum Gasteiger partial charge on any atom is 0.310 e. The molecule has 1 N–H and O–H groups in total. The van der Waals surface area contributed by atoms with Crippen molar-refractivity contribution in [2.24, 2.45) is 5.10 Å². The topological polar surface area (TPSA) is 101 Å². The molecule has 1 aliphatic rings. The van der Waals surface area contributed by atoms with Gasteiger partial charge in [-0.1, -0.05) is 30.3 Å². The van der Waals surface area contributed by atoms with Crippen molar-refractivity contribution in [3.8, 4) is 5.75 Å². The second-order valence-electron chi connectivity index (χ2n) is 7.32. The minimum atomic E-state index is -3.37. The number of nitrogens with zero attached hydrogens (tertiary/aromatic N) is 2. The van der Waals surface area contributed by atoms with Gasteiger partial charge in [0.15, 0.2) is 5.76 Å². The second-order valence-corrected chi connectivity index (χ2v) is 9.06. The molecule has 9 heteroatoms. The van der Waals surface area contributed by atoms with E-state index in [0.717, 1.165) is 17.4 Å². The first-order valence-corrected chi connectivity index (χ1v) is 12.0. The van der Waals surface area contributed by atoms with Crippen LogP contribution in [0.2, 0.25) is 0 Å². The first-order valence-electron chi connectivity index (χ1n) is 10.1. The molecule has 0 spiro atoms. The number of benzene rings is 2. The summed E-state index contributed by atoms with van der Waals surface area (Å²) in [7, 11) is -3.37. The van der Waals surface area contributed by atoms with Crippen LogP contribution in [0.15, 0.2) is 76.4 Å².